The molecular weight excluding hydrogens is 243 g/mol. The van der Waals surface area contributed by atoms with Crippen LogP contribution in [0.15, 0.2) is 36.7 Å². The second-order valence-corrected chi connectivity index (χ2v) is 4.76. The predicted molar refractivity (Wildman–Crippen MR) is 72.0 cm³/mol. The summed E-state index contributed by atoms with van der Waals surface area (Å²) in [6, 6.07) is 8.18. The molecule has 19 heavy (non-hydrogen) atoms. The Hall–Kier alpha value is -2.17. The lowest BCUT2D eigenvalue weighted by molar-refractivity contribution is 0.610. The van der Waals surface area contributed by atoms with E-state index in [9.17, 15) is 4.39 Å². The van der Waals surface area contributed by atoms with E-state index in [-0.39, 0.29) is 0 Å². The van der Waals surface area contributed by atoms with E-state index in [1.54, 1.807) is 0 Å². The van der Waals surface area contributed by atoms with Gasteiger partial charge in [-0.1, -0.05) is 18.2 Å². The number of rotatable bonds is 4. The number of para-hydroxylation sites is 1. The number of anilines is 2. The van der Waals surface area contributed by atoms with Crippen molar-refractivity contribution in [2.75, 3.05) is 10.6 Å². The third-order valence-corrected chi connectivity index (χ3v) is 3.25. The lowest BCUT2D eigenvalue weighted by atomic mass is 10.1. The van der Waals surface area contributed by atoms with E-state index in [0.717, 1.165) is 24.1 Å². The Morgan fingerprint density at radius 2 is 1.89 bits per heavy atom. The molecule has 2 N–H and O–H groups in total. The summed E-state index contributed by atoms with van der Waals surface area (Å²) in [4.78, 5) is 10.2. The van der Waals surface area contributed by atoms with Gasteiger partial charge >= 0.3 is 0 Å². The Morgan fingerprint density at radius 1 is 1.21 bits per heavy atom. The molecule has 1 fully saturated rings. The van der Waals surface area contributed by atoms with E-state index >= 15 is 0 Å². The number of hydrogen-bond acceptors (Lipinski definition) is 4. The summed E-state index contributed by atoms with van der Waals surface area (Å²) < 4.78 is 12.9. The molecular formula is C14H15FN4. The first-order valence-corrected chi connectivity index (χ1v) is 6.31. The zero-order valence-electron chi connectivity index (χ0n) is 10.5. The van der Waals surface area contributed by atoms with E-state index in [4.69, 9.17) is 5.73 Å². The smallest absolute Gasteiger partial charge is 0.225 e. The molecule has 0 aliphatic heterocycles. The van der Waals surface area contributed by atoms with Gasteiger partial charge in [0.25, 0.3) is 0 Å². The first-order chi connectivity index (χ1) is 9.24. The van der Waals surface area contributed by atoms with Crippen LogP contribution in [0, 0.1) is 5.82 Å². The summed E-state index contributed by atoms with van der Waals surface area (Å²) >= 11 is 0. The maximum absolute atomic E-state index is 12.9. The number of nitrogens with two attached hydrogens (primary N) is 1. The Balaban J connectivity index is 1.86. The molecule has 0 radical (unpaired) electrons. The number of nitrogen functional groups attached to an aromatic ring is 1. The summed E-state index contributed by atoms with van der Waals surface area (Å²) in [6.45, 7) is 0.656. The summed E-state index contributed by atoms with van der Waals surface area (Å²) in [7, 11) is 0. The Bertz CT molecular complexity index is 566. The molecule has 0 atom stereocenters. The first kappa shape index (κ1) is 11.9. The average Bonchev–Trinajstić information content (AvgIpc) is 3.24. The lowest BCUT2D eigenvalue weighted by Crippen LogP contribution is -2.27. The van der Waals surface area contributed by atoms with E-state index in [2.05, 4.69) is 14.9 Å². The highest BCUT2D eigenvalue weighted by molar-refractivity contribution is 5.49. The van der Waals surface area contributed by atoms with Gasteiger partial charge < -0.3 is 10.6 Å². The van der Waals surface area contributed by atoms with E-state index in [1.165, 1.54) is 12.4 Å². The molecule has 1 aliphatic carbocycles. The number of benzene rings is 1. The number of nitrogens with zero attached hydrogens (tertiary/aromatic N) is 3. The third-order valence-electron chi connectivity index (χ3n) is 3.25. The SMILES string of the molecule is Nc1ccccc1CN(c1ncc(F)cn1)C1CC1. The van der Waals surface area contributed by atoms with Crippen LogP contribution in [0.25, 0.3) is 0 Å². The Morgan fingerprint density at radius 3 is 2.53 bits per heavy atom. The van der Waals surface area contributed by atoms with Crippen LogP contribution in [0.5, 0.6) is 0 Å². The van der Waals surface area contributed by atoms with E-state index in [0.29, 0.717) is 18.5 Å². The molecule has 4 nitrogen and oxygen atoms in total. The summed E-state index contributed by atoms with van der Waals surface area (Å²) in [6.07, 6.45) is 4.64. The second kappa shape index (κ2) is 4.84. The van der Waals surface area contributed by atoms with Crippen molar-refractivity contribution < 1.29 is 4.39 Å². The van der Waals surface area contributed by atoms with Crippen molar-refractivity contribution in [2.45, 2.75) is 25.4 Å². The number of halogens is 1. The van der Waals surface area contributed by atoms with Crippen molar-refractivity contribution in [1.29, 1.82) is 0 Å². The van der Waals surface area contributed by atoms with Crippen LogP contribution in [0.3, 0.4) is 0 Å². The molecule has 0 unspecified atom stereocenters. The topological polar surface area (TPSA) is 55.0 Å². The van der Waals surface area contributed by atoms with Gasteiger partial charge in [-0.2, -0.15) is 0 Å². The van der Waals surface area contributed by atoms with Crippen molar-refractivity contribution in [3.63, 3.8) is 0 Å². The summed E-state index contributed by atoms with van der Waals surface area (Å²) in [5.41, 5.74) is 7.77. The van der Waals surface area contributed by atoms with E-state index < -0.39 is 5.82 Å². The molecule has 3 rings (SSSR count). The van der Waals surface area contributed by atoms with E-state index in [1.807, 2.05) is 24.3 Å². The summed E-state index contributed by atoms with van der Waals surface area (Å²) in [5, 5.41) is 0. The molecule has 1 heterocycles. The Kier molecular flexibility index (Phi) is 3.03. The average molecular weight is 258 g/mol. The van der Waals surface area contributed by atoms with Gasteiger partial charge in [0.05, 0.1) is 12.4 Å². The zero-order chi connectivity index (χ0) is 13.2. The fraction of sp³-hybridized carbons (Fsp3) is 0.286. The maximum Gasteiger partial charge on any atom is 0.225 e. The van der Waals surface area contributed by atoms with Crippen LogP contribution < -0.4 is 10.6 Å². The van der Waals surface area contributed by atoms with Crippen LogP contribution in [-0.2, 0) is 6.54 Å². The molecule has 0 amide bonds. The molecule has 5 heteroatoms. The second-order valence-electron chi connectivity index (χ2n) is 4.76. The molecule has 98 valence electrons. The van der Waals surface area contributed by atoms with Crippen LogP contribution >= 0.6 is 0 Å². The van der Waals surface area contributed by atoms with Crippen LogP contribution in [0.4, 0.5) is 16.0 Å². The summed E-state index contributed by atoms with van der Waals surface area (Å²) in [5.74, 6) is 0.144. The van der Waals surface area contributed by atoms with Gasteiger partial charge in [0.2, 0.25) is 5.95 Å². The molecule has 0 saturated heterocycles. The molecule has 1 aromatic heterocycles. The van der Waals surface area contributed by atoms with Gasteiger partial charge in [-0.25, -0.2) is 14.4 Å². The van der Waals surface area contributed by atoms with Crippen molar-refractivity contribution in [1.82, 2.24) is 9.97 Å². The minimum Gasteiger partial charge on any atom is -0.398 e. The highest BCUT2D eigenvalue weighted by atomic mass is 19.1. The maximum atomic E-state index is 12.9. The van der Waals surface area contributed by atoms with Gasteiger partial charge in [0, 0.05) is 18.3 Å². The highest BCUT2D eigenvalue weighted by Gasteiger charge is 2.31. The minimum absolute atomic E-state index is 0.418. The van der Waals surface area contributed by atoms with Gasteiger partial charge in [0.1, 0.15) is 0 Å². The molecule has 1 aromatic carbocycles. The van der Waals surface area contributed by atoms with Gasteiger partial charge in [-0.15, -0.1) is 0 Å². The fourth-order valence-corrected chi connectivity index (χ4v) is 2.06. The van der Waals surface area contributed by atoms with Crippen LogP contribution in [0.2, 0.25) is 0 Å². The third kappa shape index (κ3) is 2.65. The van der Waals surface area contributed by atoms with Gasteiger partial charge in [-0.05, 0) is 24.5 Å². The highest BCUT2D eigenvalue weighted by Crippen LogP contribution is 2.31. The molecule has 2 aromatic rings. The first-order valence-electron chi connectivity index (χ1n) is 6.31. The quantitative estimate of drug-likeness (QED) is 0.855. The molecule has 0 spiro atoms. The Labute approximate surface area is 111 Å². The minimum atomic E-state index is -0.418. The van der Waals surface area contributed by atoms with Crippen LogP contribution in [0.1, 0.15) is 18.4 Å². The van der Waals surface area contributed by atoms with Crippen molar-refractivity contribution in [3.8, 4) is 0 Å². The molecule has 1 saturated carbocycles. The van der Waals surface area contributed by atoms with Crippen molar-refractivity contribution in [3.05, 3.63) is 48.0 Å². The monoisotopic (exact) mass is 258 g/mol. The molecule has 1 aliphatic rings. The predicted octanol–water partition coefficient (Wildman–Crippen LogP) is 2.37. The number of hydrogen-bond donors (Lipinski definition) is 1. The standard InChI is InChI=1S/C14H15FN4/c15-11-7-17-14(18-8-11)19(12-5-6-12)9-10-3-1-2-4-13(10)16/h1-4,7-8,12H,5-6,9,16H2. The fourth-order valence-electron chi connectivity index (χ4n) is 2.06. The van der Waals surface area contributed by atoms with Crippen LogP contribution in [-0.4, -0.2) is 16.0 Å². The lowest BCUT2D eigenvalue weighted by Gasteiger charge is -2.22. The van der Waals surface area contributed by atoms with Gasteiger partial charge in [-0.3, -0.25) is 0 Å². The van der Waals surface area contributed by atoms with Crippen molar-refractivity contribution in [2.24, 2.45) is 0 Å². The number of aromatic nitrogens is 2. The van der Waals surface area contributed by atoms with Gasteiger partial charge in [0.15, 0.2) is 5.82 Å². The van der Waals surface area contributed by atoms with Crippen molar-refractivity contribution >= 4 is 11.6 Å². The zero-order valence-corrected chi connectivity index (χ0v) is 10.5. The largest absolute Gasteiger partial charge is 0.398 e. The normalized spacial score (nSPS) is 14.4. The molecule has 0 bridgehead atoms.